The van der Waals surface area contributed by atoms with Crippen molar-refractivity contribution < 1.29 is 4.79 Å². The summed E-state index contributed by atoms with van der Waals surface area (Å²) in [4.78, 5) is 16.5. The van der Waals surface area contributed by atoms with Gasteiger partial charge >= 0.3 is 0 Å². The van der Waals surface area contributed by atoms with Crippen LogP contribution in [0.4, 0.5) is 5.69 Å². The van der Waals surface area contributed by atoms with E-state index in [1.807, 2.05) is 13.1 Å². The van der Waals surface area contributed by atoms with Crippen molar-refractivity contribution in [2.45, 2.75) is 25.4 Å². The second kappa shape index (κ2) is 4.94. The van der Waals surface area contributed by atoms with Crippen molar-refractivity contribution in [1.29, 1.82) is 0 Å². The minimum atomic E-state index is 0.0576. The lowest BCUT2D eigenvalue weighted by Gasteiger charge is -2.36. The quantitative estimate of drug-likeness (QED) is 0.870. The Labute approximate surface area is 114 Å². The lowest BCUT2D eigenvalue weighted by atomic mass is 9.99. The lowest BCUT2D eigenvalue weighted by molar-refractivity contribution is -0.124. The molecule has 1 aromatic carbocycles. The Hall–Kier alpha value is -1.39. The molecule has 0 aromatic heterocycles. The zero-order valence-corrected chi connectivity index (χ0v) is 11.6. The molecule has 1 atom stereocenters. The van der Waals surface area contributed by atoms with Gasteiger partial charge in [-0.3, -0.25) is 9.69 Å². The molecule has 1 N–H and O–H groups in total. The van der Waals surface area contributed by atoms with Crippen LogP contribution in [0, 0.1) is 0 Å². The first-order valence-electron chi connectivity index (χ1n) is 6.95. The summed E-state index contributed by atoms with van der Waals surface area (Å²) in [5.41, 5.74) is 3.69. The maximum Gasteiger partial charge on any atom is 0.241 e. The predicted molar refractivity (Wildman–Crippen MR) is 76.1 cm³/mol. The summed E-state index contributed by atoms with van der Waals surface area (Å²) in [7, 11) is 4.14. The fraction of sp³-hybridized carbons (Fsp3) is 0.533. The third kappa shape index (κ3) is 2.51. The van der Waals surface area contributed by atoms with E-state index in [1.165, 1.54) is 11.1 Å². The van der Waals surface area contributed by atoms with Crippen molar-refractivity contribution in [3.8, 4) is 0 Å². The number of benzene rings is 1. The number of carbonyl (C=O) groups excluding carboxylic acids is 1. The summed E-state index contributed by atoms with van der Waals surface area (Å²) in [5.74, 6) is 0.127. The van der Waals surface area contributed by atoms with Gasteiger partial charge in [0.05, 0.1) is 6.04 Å². The van der Waals surface area contributed by atoms with E-state index in [-0.39, 0.29) is 11.9 Å². The highest BCUT2D eigenvalue weighted by molar-refractivity contribution is 5.95. The Kier molecular flexibility index (Phi) is 3.29. The smallest absolute Gasteiger partial charge is 0.241 e. The van der Waals surface area contributed by atoms with Gasteiger partial charge in [-0.25, -0.2) is 0 Å². The summed E-state index contributed by atoms with van der Waals surface area (Å²) in [6, 6.07) is 6.36. The number of nitrogens with one attached hydrogen (secondary N) is 1. The Balaban J connectivity index is 1.70. The molecule has 1 unspecified atom stereocenters. The number of hydrogen-bond donors (Lipinski definition) is 1. The molecule has 102 valence electrons. The van der Waals surface area contributed by atoms with Gasteiger partial charge in [0, 0.05) is 25.3 Å². The van der Waals surface area contributed by atoms with Gasteiger partial charge in [-0.1, -0.05) is 6.07 Å². The van der Waals surface area contributed by atoms with Gasteiger partial charge in [-0.2, -0.15) is 0 Å². The van der Waals surface area contributed by atoms with Crippen molar-refractivity contribution in [3.05, 3.63) is 29.3 Å². The first-order valence-corrected chi connectivity index (χ1v) is 6.95. The van der Waals surface area contributed by atoms with Crippen LogP contribution in [0.1, 0.15) is 17.5 Å². The molecule has 0 radical (unpaired) electrons. The molecule has 1 saturated heterocycles. The molecule has 0 aliphatic carbocycles. The van der Waals surface area contributed by atoms with Gasteiger partial charge in [-0.05, 0) is 50.2 Å². The number of hydrogen-bond acceptors (Lipinski definition) is 3. The monoisotopic (exact) mass is 259 g/mol. The van der Waals surface area contributed by atoms with E-state index in [1.54, 1.807) is 0 Å². The van der Waals surface area contributed by atoms with Crippen molar-refractivity contribution in [3.63, 3.8) is 0 Å². The van der Waals surface area contributed by atoms with E-state index in [4.69, 9.17) is 0 Å². The SMILES string of the molecule is CN1CCc2cc(NC(=O)C3CCN3C)ccc2C1. The van der Waals surface area contributed by atoms with Crippen LogP contribution in [-0.2, 0) is 17.8 Å². The number of likely N-dealkylation sites (N-methyl/N-ethyl adjacent to an activating group) is 2. The topological polar surface area (TPSA) is 35.6 Å². The Morgan fingerprint density at radius 1 is 1.26 bits per heavy atom. The molecule has 1 fully saturated rings. The fourth-order valence-electron chi connectivity index (χ4n) is 2.85. The zero-order chi connectivity index (χ0) is 13.4. The molecule has 0 bridgehead atoms. The van der Waals surface area contributed by atoms with Crippen LogP contribution in [0.15, 0.2) is 18.2 Å². The number of nitrogens with zero attached hydrogens (tertiary/aromatic N) is 2. The summed E-state index contributed by atoms with van der Waals surface area (Å²) in [6.45, 7) is 3.12. The summed E-state index contributed by atoms with van der Waals surface area (Å²) in [6.07, 6.45) is 2.04. The van der Waals surface area contributed by atoms with Crippen molar-refractivity contribution >= 4 is 11.6 Å². The van der Waals surface area contributed by atoms with Crippen LogP contribution in [0.25, 0.3) is 0 Å². The third-order valence-electron chi connectivity index (χ3n) is 4.27. The normalized spacial score (nSPS) is 23.6. The van der Waals surface area contributed by atoms with Gasteiger partial charge in [0.25, 0.3) is 0 Å². The molecule has 1 amide bonds. The van der Waals surface area contributed by atoms with Gasteiger partial charge in [0.2, 0.25) is 5.91 Å². The molecular formula is C15H21N3O. The highest BCUT2D eigenvalue weighted by Crippen LogP contribution is 2.23. The molecule has 2 aliphatic heterocycles. The van der Waals surface area contributed by atoms with Crippen LogP contribution in [-0.4, -0.2) is 48.9 Å². The van der Waals surface area contributed by atoms with Crippen molar-refractivity contribution in [2.75, 3.05) is 32.5 Å². The standard InChI is InChI=1S/C15H21N3O/c1-17-7-5-11-9-13(4-3-12(11)10-17)16-15(19)14-6-8-18(14)2/h3-4,9,14H,5-8,10H2,1-2H3,(H,16,19). The first-order chi connectivity index (χ1) is 9.13. The van der Waals surface area contributed by atoms with Crippen LogP contribution in [0.2, 0.25) is 0 Å². The number of anilines is 1. The second-order valence-electron chi connectivity index (χ2n) is 5.75. The maximum absolute atomic E-state index is 12.1. The van der Waals surface area contributed by atoms with Crippen LogP contribution in [0.3, 0.4) is 0 Å². The molecule has 2 aliphatic rings. The minimum absolute atomic E-state index is 0.0576. The average molecular weight is 259 g/mol. The molecule has 1 aromatic rings. The number of likely N-dealkylation sites (tertiary alicyclic amines) is 1. The van der Waals surface area contributed by atoms with Crippen LogP contribution < -0.4 is 5.32 Å². The van der Waals surface area contributed by atoms with Crippen molar-refractivity contribution in [2.24, 2.45) is 0 Å². The Bertz CT molecular complexity index is 500. The summed E-state index contributed by atoms with van der Waals surface area (Å²) in [5, 5.41) is 3.04. The van der Waals surface area contributed by atoms with Gasteiger partial charge < -0.3 is 10.2 Å². The highest BCUT2D eigenvalue weighted by Gasteiger charge is 2.30. The molecular weight excluding hydrogens is 238 g/mol. The lowest BCUT2D eigenvalue weighted by Crippen LogP contribution is -2.51. The number of carbonyl (C=O) groups is 1. The average Bonchev–Trinajstić information content (AvgIpc) is 2.37. The second-order valence-corrected chi connectivity index (χ2v) is 5.75. The summed E-state index contributed by atoms with van der Waals surface area (Å²) >= 11 is 0. The molecule has 0 saturated carbocycles. The number of rotatable bonds is 2. The zero-order valence-electron chi connectivity index (χ0n) is 11.6. The largest absolute Gasteiger partial charge is 0.325 e. The number of amides is 1. The maximum atomic E-state index is 12.1. The predicted octanol–water partition coefficient (Wildman–Crippen LogP) is 1.32. The van der Waals surface area contributed by atoms with Crippen molar-refractivity contribution in [1.82, 2.24) is 9.80 Å². The highest BCUT2D eigenvalue weighted by atomic mass is 16.2. The molecule has 2 heterocycles. The van der Waals surface area contributed by atoms with E-state index < -0.39 is 0 Å². The Morgan fingerprint density at radius 2 is 2.11 bits per heavy atom. The Morgan fingerprint density at radius 3 is 2.79 bits per heavy atom. The fourth-order valence-corrected chi connectivity index (χ4v) is 2.85. The van der Waals surface area contributed by atoms with Gasteiger partial charge in [0.1, 0.15) is 0 Å². The van der Waals surface area contributed by atoms with E-state index in [0.29, 0.717) is 0 Å². The van der Waals surface area contributed by atoms with Gasteiger partial charge in [-0.15, -0.1) is 0 Å². The molecule has 4 nitrogen and oxygen atoms in total. The minimum Gasteiger partial charge on any atom is -0.325 e. The van der Waals surface area contributed by atoms with E-state index in [0.717, 1.165) is 38.2 Å². The number of fused-ring (bicyclic) bond motifs is 1. The molecule has 0 spiro atoms. The molecule has 3 rings (SSSR count). The molecule has 19 heavy (non-hydrogen) atoms. The molecule has 4 heteroatoms. The van der Waals surface area contributed by atoms with E-state index >= 15 is 0 Å². The summed E-state index contributed by atoms with van der Waals surface area (Å²) < 4.78 is 0. The van der Waals surface area contributed by atoms with E-state index in [2.05, 4.69) is 34.3 Å². The third-order valence-corrected chi connectivity index (χ3v) is 4.27. The first kappa shape index (κ1) is 12.6. The van der Waals surface area contributed by atoms with Gasteiger partial charge in [0.15, 0.2) is 0 Å². The van der Waals surface area contributed by atoms with E-state index in [9.17, 15) is 4.79 Å². The van der Waals surface area contributed by atoms with Crippen LogP contribution in [0.5, 0.6) is 0 Å². The van der Waals surface area contributed by atoms with Crippen LogP contribution >= 0.6 is 0 Å².